The van der Waals surface area contributed by atoms with Gasteiger partial charge in [0, 0.05) is 13.1 Å². The maximum absolute atomic E-state index is 12.7. The molecule has 0 aliphatic carbocycles. The predicted molar refractivity (Wildman–Crippen MR) is 91.6 cm³/mol. The van der Waals surface area contributed by atoms with Gasteiger partial charge in [-0.05, 0) is 42.8 Å². The lowest BCUT2D eigenvalue weighted by molar-refractivity contribution is 0.309. The second-order valence-electron chi connectivity index (χ2n) is 5.96. The van der Waals surface area contributed by atoms with Crippen LogP contribution in [0.25, 0.3) is 0 Å². The molecule has 0 amide bonds. The predicted octanol–water partition coefficient (Wildman–Crippen LogP) is 1.58. The van der Waals surface area contributed by atoms with Crippen molar-refractivity contribution in [1.82, 2.24) is 4.31 Å². The summed E-state index contributed by atoms with van der Waals surface area (Å²) in [5.41, 5.74) is 0.557. The molecule has 7 nitrogen and oxygen atoms in total. The largest absolute Gasteiger partial charge is 0.497 e. The van der Waals surface area contributed by atoms with Crippen LogP contribution in [0.4, 0.5) is 0 Å². The molecule has 3 rings (SSSR count). The molecular formula is C16H19NO6S2. The van der Waals surface area contributed by atoms with E-state index in [0.717, 1.165) is 0 Å². The van der Waals surface area contributed by atoms with Crippen LogP contribution in [0.15, 0.2) is 45.9 Å². The number of methoxy groups -OCH3 is 1. The molecule has 0 unspecified atom stereocenters. The zero-order chi connectivity index (χ0) is 18.2. The highest BCUT2D eigenvalue weighted by molar-refractivity contribution is 7.92. The van der Waals surface area contributed by atoms with Crippen molar-refractivity contribution >= 4 is 19.9 Å². The molecule has 0 spiro atoms. The number of aryl methyl sites for hydroxylation is 1. The van der Waals surface area contributed by atoms with Gasteiger partial charge in [-0.2, -0.15) is 4.31 Å². The van der Waals surface area contributed by atoms with Gasteiger partial charge in [-0.15, -0.1) is 0 Å². The monoisotopic (exact) mass is 385 g/mol. The summed E-state index contributed by atoms with van der Waals surface area (Å²) in [6, 6.07) is 7.90. The molecule has 2 heterocycles. The third kappa shape index (κ3) is 3.44. The van der Waals surface area contributed by atoms with Crippen molar-refractivity contribution in [3.8, 4) is 5.75 Å². The van der Waals surface area contributed by atoms with Gasteiger partial charge in [0.1, 0.15) is 17.3 Å². The number of ether oxygens (including phenoxy) is 1. The molecule has 25 heavy (non-hydrogen) atoms. The van der Waals surface area contributed by atoms with Crippen LogP contribution in [0, 0.1) is 6.92 Å². The minimum Gasteiger partial charge on any atom is -0.497 e. The highest BCUT2D eigenvalue weighted by Gasteiger charge is 2.44. The Morgan fingerprint density at radius 1 is 1.20 bits per heavy atom. The van der Waals surface area contributed by atoms with Crippen LogP contribution in [-0.2, 0) is 25.6 Å². The SMILES string of the molecule is COc1ccc(S(=O)(=O)N2CC(S(=O)(=O)Cc3ccco3)C2)c(C)c1. The fourth-order valence-corrected chi connectivity index (χ4v) is 6.25. The number of rotatable bonds is 6. The van der Waals surface area contributed by atoms with Gasteiger partial charge in [0.05, 0.1) is 23.5 Å². The van der Waals surface area contributed by atoms with E-state index in [0.29, 0.717) is 17.1 Å². The van der Waals surface area contributed by atoms with Crippen molar-refractivity contribution in [3.63, 3.8) is 0 Å². The lowest BCUT2D eigenvalue weighted by Gasteiger charge is -2.37. The second kappa shape index (κ2) is 6.47. The molecule has 1 aliphatic heterocycles. The molecule has 1 aliphatic rings. The normalized spacial score (nSPS) is 16.6. The Hall–Kier alpha value is -1.84. The summed E-state index contributed by atoms with van der Waals surface area (Å²) in [6.07, 6.45) is 1.41. The molecule has 0 bridgehead atoms. The van der Waals surface area contributed by atoms with Gasteiger partial charge in [0.15, 0.2) is 9.84 Å². The lowest BCUT2D eigenvalue weighted by Crippen LogP contribution is -2.56. The van der Waals surface area contributed by atoms with Gasteiger partial charge >= 0.3 is 0 Å². The fourth-order valence-electron chi connectivity index (χ4n) is 2.71. The van der Waals surface area contributed by atoms with Crippen molar-refractivity contribution in [2.24, 2.45) is 0 Å². The summed E-state index contributed by atoms with van der Waals surface area (Å²) in [5, 5.41) is -0.717. The van der Waals surface area contributed by atoms with E-state index in [9.17, 15) is 16.8 Å². The Balaban J connectivity index is 1.73. The molecule has 1 fully saturated rings. The molecular weight excluding hydrogens is 366 g/mol. The third-order valence-electron chi connectivity index (χ3n) is 4.25. The first-order valence-corrected chi connectivity index (χ1v) is 10.8. The Morgan fingerprint density at radius 3 is 2.48 bits per heavy atom. The third-order valence-corrected chi connectivity index (χ3v) is 8.24. The Morgan fingerprint density at radius 2 is 1.92 bits per heavy atom. The fraction of sp³-hybridized carbons (Fsp3) is 0.375. The van der Waals surface area contributed by atoms with Crippen molar-refractivity contribution in [2.45, 2.75) is 22.8 Å². The zero-order valence-corrected chi connectivity index (χ0v) is 15.5. The van der Waals surface area contributed by atoms with E-state index in [1.54, 1.807) is 31.2 Å². The summed E-state index contributed by atoms with van der Waals surface area (Å²) in [7, 11) is -5.68. The highest BCUT2D eigenvalue weighted by atomic mass is 32.2. The molecule has 0 saturated carbocycles. The van der Waals surface area contributed by atoms with Crippen LogP contribution in [0.2, 0.25) is 0 Å². The minimum atomic E-state index is -3.72. The van der Waals surface area contributed by atoms with Gasteiger partial charge in [0.25, 0.3) is 0 Å². The first-order valence-electron chi connectivity index (χ1n) is 7.63. The molecule has 1 aromatic carbocycles. The number of sulfone groups is 1. The smallest absolute Gasteiger partial charge is 0.243 e. The van der Waals surface area contributed by atoms with E-state index >= 15 is 0 Å². The van der Waals surface area contributed by atoms with Crippen molar-refractivity contribution in [1.29, 1.82) is 0 Å². The van der Waals surface area contributed by atoms with Crippen LogP contribution in [0.5, 0.6) is 5.75 Å². The van der Waals surface area contributed by atoms with Gasteiger partial charge in [-0.25, -0.2) is 16.8 Å². The number of furan rings is 1. The van der Waals surface area contributed by atoms with Gasteiger partial charge in [-0.1, -0.05) is 0 Å². The van der Waals surface area contributed by atoms with Gasteiger partial charge in [0.2, 0.25) is 10.0 Å². The molecule has 0 N–H and O–H groups in total. The first-order chi connectivity index (χ1) is 11.7. The van der Waals surface area contributed by atoms with Gasteiger partial charge < -0.3 is 9.15 Å². The van der Waals surface area contributed by atoms with E-state index in [-0.39, 0.29) is 23.7 Å². The summed E-state index contributed by atoms with van der Waals surface area (Å²) >= 11 is 0. The Bertz CT molecular complexity index is 958. The Kier molecular flexibility index (Phi) is 4.65. The van der Waals surface area contributed by atoms with E-state index in [2.05, 4.69) is 0 Å². The van der Waals surface area contributed by atoms with Crippen LogP contribution < -0.4 is 4.74 Å². The molecule has 1 aromatic heterocycles. The zero-order valence-electron chi connectivity index (χ0n) is 13.9. The maximum atomic E-state index is 12.7. The number of hydrogen-bond donors (Lipinski definition) is 0. The van der Waals surface area contributed by atoms with Crippen molar-refractivity contribution in [2.75, 3.05) is 20.2 Å². The van der Waals surface area contributed by atoms with Crippen LogP contribution >= 0.6 is 0 Å². The number of sulfonamides is 1. The first kappa shape index (κ1) is 18.0. The molecule has 2 aromatic rings. The van der Waals surface area contributed by atoms with E-state index in [1.165, 1.54) is 23.7 Å². The quantitative estimate of drug-likeness (QED) is 0.749. The Labute approximate surface area is 147 Å². The molecule has 9 heteroatoms. The number of benzene rings is 1. The molecule has 136 valence electrons. The summed E-state index contributed by atoms with van der Waals surface area (Å²) in [5.74, 6) is 0.700. The topological polar surface area (TPSA) is 93.9 Å². The number of hydrogen-bond acceptors (Lipinski definition) is 6. The summed E-state index contributed by atoms with van der Waals surface area (Å²) in [6.45, 7) is 1.59. The van der Waals surface area contributed by atoms with Crippen molar-refractivity contribution < 1.29 is 26.0 Å². The highest BCUT2D eigenvalue weighted by Crippen LogP contribution is 2.30. The molecule has 0 atom stereocenters. The van der Waals surface area contributed by atoms with Gasteiger partial charge in [-0.3, -0.25) is 0 Å². The average molecular weight is 385 g/mol. The number of nitrogens with zero attached hydrogens (tertiary/aromatic N) is 1. The summed E-state index contributed by atoms with van der Waals surface area (Å²) < 4.78 is 61.4. The van der Waals surface area contributed by atoms with Crippen LogP contribution in [0.3, 0.4) is 0 Å². The average Bonchev–Trinajstić information content (AvgIpc) is 2.96. The van der Waals surface area contributed by atoms with E-state index in [4.69, 9.17) is 9.15 Å². The van der Waals surface area contributed by atoms with E-state index < -0.39 is 25.1 Å². The maximum Gasteiger partial charge on any atom is 0.243 e. The summed E-state index contributed by atoms with van der Waals surface area (Å²) in [4.78, 5) is 0.162. The van der Waals surface area contributed by atoms with Crippen molar-refractivity contribution in [3.05, 3.63) is 47.9 Å². The van der Waals surface area contributed by atoms with Crippen LogP contribution in [-0.4, -0.2) is 46.6 Å². The molecule has 1 saturated heterocycles. The second-order valence-corrected chi connectivity index (χ2v) is 10.1. The minimum absolute atomic E-state index is 0.0448. The van der Waals surface area contributed by atoms with E-state index in [1.807, 2.05) is 0 Å². The van der Waals surface area contributed by atoms with Crippen LogP contribution in [0.1, 0.15) is 11.3 Å². The standard InChI is InChI=1S/C16H19NO6S2/c1-12-8-13(22-2)5-6-16(12)25(20,21)17-9-15(10-17)24(18,19)11-14-4-3-7-23-14/h3-8,15H,9-11H2,1-2H3. The molecule has 0 radical (unpaired) electrons. The lowest BCUT2D eigenvalue weighted by atomic mass is 10.2.